The highest BCUT2D eigenvalue weighted by atomic mass is 35.5. The average molecular weight is 381 g/mol. The lowest BCUT2D eigenvalue weighted by Crippen LogP contribution is -2.14. The highest BCUT2D eigenvalue weighted by molar-refractivity contribution is 7.16. The largest absolute Gasteiger partial charge is 0.493 e. The summed E-state index contributed by atoms with van der Waals surface area (Å²) >= 11 is 7.21. The zero-order valence-corrected chi connectivity index (χ0v) is 15.2. The lowest BCUT2D eigenvalue weighted by molar-refractivity contribution is 0.0994. The number of aromatic nitrogens is 1. The summed E-state index contributed by atoms with van der Waals surface area (Å²) in [5.74, 6) is -0.289. The van der Waals surface area contributed by atoms with Gasteiger partial charge in [-0.15, -0.1) is 0 Å². The molecule has 5 nitrogen and oxygen atoms in total. The molecule has 0 aliphatic carbocycles. The van der Waals surface area contributed by atoms with Crippen LogP contribution in [0, 0.1) is 5.82 Å². The predicted molar refractivity (Wildman–Crippen MR) is 95.2 cm³/mol. The van der Waals surface area contributed by atoms with E-state index in [0.29, 0.717) is 16.3 Å². The van der Waals surface area contributed by atoms with E-state index >= 15 is 0 Å². The van der Waals surface area contributed by atoms with Crippen molar-refractivity contribution in [1.29, 1.82) is 0 Å². The molecule has 0 fully saturated rings. The third-order valence-corrected chi connectivity index (χ3v) is 5.10. The number of hydrogen-bond donors (Lipinski definition) is 0. The average Bonchev–Trinajstić information content (AvgIpc) is 2.88. The number of nitrogens with zero attached hydrogens (tertiary/aromatic N) is 2. The van der Waals surface area contributed by atoms with E-state index in [-0.39, 0.29) is 10.6 Å². The Bertz CT molecular complexity index is 1020. The number of methoxy groups -OCH3 is 2. The van der Waals surface area contributed by atoms with Gasteiger partial charge in [0, 0.05) is 19.2 Å². The van der Waals surface area contributed by atoms with Gasteiger partial charge in [0.25, 0.3) is 5.91 Å². The highest BCUT2D eigenvalue weighted by Crippen LogP contribution is 2.33. The summed E-state index contributed by atoms with van der Waals surface area (Å²) in [6.07, 6.45) is 0. The number of thiazole rings is 1. The van der Waals surface area contributed by atoms with Gasteiger partial charge in [-0.3, -0.25) is 4.79 Å². The molecular formula is C17H14ClFN2O3S. The first-order valence-electron chi connectivity index (χ1n) is 7.21. The maximum Gasteiger partial charge on any atom is 0.284 e. The van der Waals surface area contributed by atoms with Gasteiger partial charge in [-0.1, -0.05) is 29.0 Å². The third-order valence-electron chi connectivity index (χ3n) is 3.69. The molecule has 0 radical (unpaired) electrons. The first kappa shape index (κ1) is 17.4. The van der Waals surface area contributed by atoms with Crippen LogP contribution in [0.4, 0.5) is 4.39 Å². The van der Waals surface area contributed by atoms with Gasteiger partial charge >= 0.3 is 0 Å². The van der Waals surface area contributed by atoms with Crippen LogP contribution in [0.15, 0.2) is 35.3 Å². The second-order valence-electron chi connectivity index (χ2n) is 5.13. The first-order valence-corrected chi connectivity index (χ1v) is 8.40. The van der Waals surface area contributed by atoms with Crippen molar-refractivity contribution in [2.24, 2.45) is 12.0 Å². The van der Waals surface area contributed by atoms with Crippen molar-refractivity contribution in [3.63, 3.8) is 0 Å². The number of carbonyl (C=O) groups excluding carboxylic acids is 1. The zero-order valence-electron chi connectivity index (χ0n) is 13.7. The molecular weight excluding hydrogens is 367 g/mol. The standard InChI is InChI=1S/C17H14ClFN2O3S/c1-21-11-7-12(23-2)13(24-3)8-14(11)25-17(21)20-16(22)15-9(18)5-4-6-10(15)19/h4-8H,1-3H3. The molecule has 0 aliphatic rings. The minimum absolute atomic E-state index is 0.0286. The number of hydrogen-bond acceptors (Lipinski definition) is 4. The topological polar surface area (TPSA) is 52.8 Å². The van der Waals surface area contributed by atoms with Crippen LogP contribution in [0.25, 0.3) is 10.2 Å². The molecule has 0 saturated carbocycles. The van der Waals surface area contributed by atoms with E-state index in [0.717, 1.165) is 10.2 Å². The molecule has 0 aliphatic heterocycles. The lowest BCUT2D eigenvalue weighted by Gasteiger charge is -2.07. The normalized spacial score (nSPS) is 11.8. The van der Waals surface area contributed by atoms with Crippen molar-refractivity contribution in [3.8, 4) is 11.5 Å². The molecule has 3 aromatic rings. The molecule has 3 rings (SSSR count). The van der Waals surface area contributed by atoms with Crippen LogP contribution in [0.5, 0.6) is 11.5 Å². The van der Waals surface area contributed by atoms with E-state index in [4.69, 9.17) is 21.1 Å². The Morgan fingerprint density at radius 2 is 1.92 bits per heavy atom. The van der Waals surface area contributed by atoms with E-state index in [9.17, 15) is 9.18 Å². The van der Waals surface area contributed by atoms with Gasteiger partial charge < -0.3 is 14.0 Å². The van der Waals surface area contributed by atoms with Crippen LogP contribution in [0.2, 0.25) is 5.02 Å². The maximum absolute atomic E-state index is 13.9. The van der Waals surface area contributed by atoms with Gasteiger partial charge in [-0.25, -0.2) is 4.39 Å². The van der Waals surface area contributed by atoms with E-state index in [1.165, 1.54) is 29.5 Å². The van der Waals surface area contributed by atoms with E-state index in [1.807, 2.05) is 0 Å². The van der Waals surface area contributed by atoms with Crippen molar-refractivity contribution < 1.29 is 18.7 Å². The van der Waals surface area contributed by atoms with Gasteiger partial charge in [0.1, 0.15) is 5.82 Å². The monoisotopic (exact) mass is 380 g/mol. The summed E-state index contributed by atoms with van der Waals surface area (Å²) in [5, 5.41) is 0.0286. The van der Waals surface area contributed by atoms with Crippen LogP contribution < -0.4 is 14.3 Å². The number of aryl methyl sites for hydroxylation is 1. The molecule has 0 saturated heterocycles. The van der Waals surface area contributed by atoms with Crippen LogP contribution in [0.3, 0.4) is 0 Å². The van der Waals surface area contributed by atoms with E-state index < -0.39 is 11.7 Å². The molecule has 1 aromatic heterocycles. The summed E-state index contributed by atoms with van der Waals surface area (Å²) in [6, 6.07) is 7.67. The van der Waals surface area contributed by atoms with Crippen LogP contribution in [-0.4, -0.2) is 24.7 Å². The number of fused-ring (bicyclic) bond motifs is 1. The predicted octanol–water partition coefficient (Wildman–Crippen LogP) is 3.79. The fourth-order valence-electron chi connectivity index (χ4n) is 2.41. The second-order valence-corrected chi connectivity index (χ2v) is 6.55. The summed E-state index contributed by atoms with van der Waals surface area (Å²) in [4.78, 5) is 16.8. The third kappa shape index (κ3) is 3.12. The Kier molecular flexibility index (Phi) is 4.78. The van der Waals surface area contributed by atoms with Crippen LogP contribution in [-0.2, 0) is 7.05 Å². The summed E-state index contributed by atoms with van der Waals surface area (Å²) < 4.78 is 27.1. The van der Waals surface area contributed by atoms with Crippen molar-refractivity contribution >= 4 is 39.1 Å². The van der Waals surface area contributed by atoms with E-state index in [2.05, 4.69) is 4.99 Å². The SMILES string of the molecule is COc1cc2sc(=NC(=O)c3c(F)cccc3Cl)n(C)c2cc1OC. The van der Waals surface area contributed by atoms with Crippen LogP contribution in [0.1, 0.15) is 10.4 Å². The zero-order chi connectivity index (χ0) is 18.1. The Balaban J connectivity index is 2.17. The maximum atomic E-state index is 13.9. The summed E-state index contributed by atoms with van der Waals surface area (Å²) in [5.41, 5.74) is 0.575. The molecule has 130 valence electrons. The fraction of sp³-hybridized carbons (Fsp3) is 0.176. The van der Waals surface area contributed by atoms with Crippen molar-refractivity contribution in [2.45, 2.75) is 0 Å². The van der Waals surface area contributed by atoms with Gasteiger partial charge in [0.2, 0.25) is 0 Å². The Labute approximate surface area is 151 Å². The number of rotatable bonds is 3. The molecule has 0 atom stereocenters. The Morgan fingerprint density at radius 1 is 1.24 bits per heavy atom. The molecule has 0 N–H and O–H groups in total. The molecule has 25 heavy (non-hydrogen) atoms. The highest BCUT2D eigenvalue weighted by Gasteiger charge is 2.16. The van der Waals surface area contributed by atoms with Gasteiger partial charge in [0.05, 0.1) is 35.0 Å². The lowest BCUT2D eigenvalue weighted by atomic mass is 10.2. The Morgan fingerprint density at radius 3 is 2.56 bits per heavy atom. The molecule has 8 heteroatoms. The quantitative estimate of drug-likeness (QED) is 0.694. The minimum Gasteiger partial charge on any atom is -0.493 e. The van der Waals surface area contributed by atoms with Gasteiger partial charge in [-0.2, -0.15) is 4.99 Å². The van der Waals surface area contributed by atoms with E-state index in [1.54, 1.807) is 38.0 Å². The summed E-state index contributed by atoms with van der Waals surface area (Å²) in [7, 11) is 4.86. The van der Waals surface area contributed by atoms with Crippen LogP contribution >= 0.6 is 22.9 Å². The first-order chi connectivity index (χ1) is 12.0. The fourth-order valence-corrected chi connectivity index (χ4v) is 3.68. The minimum atomic E-state index is -0.732. The number of carbonyl (C=O) groups is 1. The number of benzene rings is 2. The number of amides is 1. The van der Waals surface area contributed by atoms with Gasteiger partial charge in [0.15, 0.2) is 16.3 Å². The van der Waals surface area contributed by atoms with Crippen molar-refractivity contribution in [3.05, 3.63) is 51.5 Å². The molecule has 1 heterocycles. The smallest absolute Gasteiger partial charge is 0.284 e. The Hall–Kier alpha value is -2.38. The second kappa shape index (κ2) is 6.85. The molecule has 2 aromatic carbocycles. The van der Waals surface area contributed by atoms with Crippen molar-refractivity contribution in [2.75, 3.05) is 14.2 Å². The van der Waals surface area contributed by atoms with Crippen molar-refractivity contribution in [1.82, 2.24) is 4.57 Å². The molecule has 0 spiro atoms. The molecule has 1 amide bonds. The summed E-state index contributed by atoms with van der Waals surface area (Å²) in [6.45, 7) is 0. The molecule has 0 unspecified atom stereocenters. The van der Waals surface area contributed by atoms with Gasteiger partial charge in [-0.05, 0) is 12.1 Å². The number of halogens is 2. The number of ether oxygens (including phenoxy) is 2. The molecule has 0 bridgehead atoms.